The van der Waals surface area contributed by atoms with Crippen molar-refractivity contribution >= 4 is 21.8 Å². The van der Waals surface area contributed by atoms with Gasteiger partial charge in [-0.1, -0.05) is 31.0 Å². The molecular weight excluding hydrogens is 252 g/mol. The maximum absolute atomic E-state index is 3.65. The molecule has 1 aromatic carbocycles. The van der Waals surface area contributed by atoms with Crippen LogP contribution in [0.1, 0.15) is 31.2 Å². The molecule has 15 heavy (non-hydrogen) atoms. The monoisotopic (exact) mass is 266 g/mol. The second kappa shape index (κ2) is 3.80. The Balaban J connectivity index is 1.94. The lowest BCUT2D eigenvalue weighted by Crippen LogP contribution is -2.38. The highest BCUT2D eigenvalue weighted by molar-refractivity contribution is 9.07. The van der Waals surface area contributed by atoms with Crippen LogP contribution < -0.4 is 5.01 Å². The molecule has 0 amide bonds. The van der Waals surface area contributed by atoms with Crippen LogP contribution in [0.3, 0.4) is 0 Å². The Morgan fingerprint density at radius 2 is 1.87 bits per heavy atom. The van der Waals surface area contributed by atoms with Crippen molar-refractivity contribution in [1.82, 2.24) is 4.03 Å². The first-order chi connectivity index (χ1) is 7.36. The van der Waals surface area contributed by atoms with E-state index in [4.69, 9.17) is 0 Å². The minimum atomic E-state index is 0.702. The summed E-state index contributed by atoms with van der Waals surface area (Å²) in [7, 11) is 0. The quantitative estimate of drug-likeness (QED) is 0.719. The van der Waals surface area contributed by atoms with Gasteiger partial charge in [-0.3, -0.25) is 5.01 Å². The van der Waals surface area contributed by atoms with Gasteiger partial charge in [0.2, 0.25) is 0 Å². The number of anilines is 1. The third-order valence-corrected chi connectivity index (χ3v) is 4.04. The molecule has 0 bridgehead atoms. The Morgan fingerprint density at radius 3 is 2.67 bits per heavy atom. The molecule has 0 spiro atoms. The van der Waals surface area contributed by atoms with Crippen molar-refractivity contribution in [3.8, 4) is 0 Å². The molecule has 0 N–H and O–H groups in total. The van der Waals surface area contributed by atoms with E-state index in [1.54, 1.807) is 0 Å². The van der Waals surface area contributed by atoms with Crippen LogP contribution in [0.5, 0.6) is 0 Å². The number of hydrazine groups is 1. The summed E-state index contributed by atoms with van der Waals surface area (Å²) in [5.74, 6) is 0. The molecule has 3 heteroatoms. The topological polar surface area (TPSA) is 6.48 Å². The first-order valence-electron chi connectivity index (χ1n) is 5.66. The van der Waals surface area contributed by atoms with Gasteiger partial charge in [-0.25, -0.2) is 0 Å². The van der Waals surface area contributed by atoms with Gasteiger partial charge in [0, 0.05) is 22.2 Å². The predicted molar refractivity (Wildman–Crippen MR) is 65.6 cm³/mol. The number of para-hydroxylation sites is 1. The number of fused-ring (bicyclic) bond motifs is 1. The van der Waals surface area contributed by atoms with E-state index < -0.39 is 0 Å². The van der Waals surface area contributed by atoms with Gasteiger partial charge in [0.1, 0.15) is 0 Å². The molecule has 0 aromatic heterocycles. The summed E-state index contributed by atoms with van der Waals surface area (Å²) in [5, 5.41) is 2.43. The van der Waals surface area contributed by atoms with Crippen molar-refractivity contribution in [2.45, 2.75) is 38.3 Å². The van der Waals surface area contributed by atoms with Crippen LogP contribution in [0.4, 0.5) is 5.69 Å². The van der Waals surface area contributed by atoms with Gasteiger partial charge in [0.25, 0.3) is 0 Å². The molecule has 2 nitrogen and oxygen atoms in total. The Hall–Kier alpha value is -0.540. The molecule has 1 aromatic rings. The van der Waals surface area contributed by atoms with Crippen LogP contribution in [0.2, 0.25) is 0 Å². The summed E-state index contributed by atoms with van der Waals surface area (Å²) >= 11 is 3.65. The highest BCUT2D eigenvalue weighted by atomic mass is 79.9. The molecule has 1 saturated carbocycles. The van der Waals surface area contributed by atoms with Crippen LogP contribution in [0, 0.1) is 0 Å². The molecule has 80 valence electrons. The lowest BCUT2D eigenvalue weighted by molar-refractivity contribution is 0.413. The summed E-state index contributed by atoms with van der Waals surface area (Å²) in [6, 6.07) is 9.41. The van der Waals surface area contributed by atoms with E-state index >= 15 is 0 Å². The maximum Gasteiger partial charge on any atom is 0.0580 e. The van der Waals surface area contributed by atoms with E-state index in [-0.39, 0.29) is 0 Å². The third kappa shape index (κ3) is 1.58. The number of benzene rings is 1. The van der Waals surface area contributed by atoms with Crippen molar-refractivity contribution in [3.63, 3.8) is 0 Å². The molecule has 1 aliphatic carbocycles. The summed E-state index contributed by atoms with van der Waals surface area (Å²) in [4.78, 5) is 0. The van der Waals surface area contributed by atoms with E-state index in [0.29, 0.717) is 6.04 Å². The van der Waals surface area contributed by atoms with Crippen molar-refractivity contribution in [3.05, 3.63) is 29.8 Å². The standard InChI is InChI=1S/C12H15BrN2/c13-14-9-10-5-1-4-8-12(10)15(14)11-6-2-3-7-11/h1,4-5,8,11H,2-3,6-7,9H2. The highest BCUT2D eigenvalue weighted by Gasteiger charge is 2.32. The SMILES string of the molecule is BrN1Cc2ccccc2N1C1CCCC1. The van der Waals surface area contributed by atoms with Gasteiger partial charge in [-0.05, 0) is 24.5 Å². The third-order valence-electron chi connectivity index (χ3n) is 3.44. The van der Waals surface area contributed by atoms with E-state index in [1.807, 2.05) is 0 Å². The number of hydrogen-bond acceptors (Lipinski definition) is 2. The first-order valence-corrected chi connectivity index (χ1v) is 6.37. The Morgan fingerprint density at radius 1 is 1.13 bits per heavy atom. The first kappa shape index (κ1) is 9.67. The molecular formula is C12H15BrN2. The van der Waals surface area contributed by atoms with Crippen molar-refractivity contribution < 1.29 is 0 Å². The summed E-state index contributed by atoms with van der Waals surface area (Å²) in [6.45, 7) is 0.993. The van der Waals surface area contributed by atoms with Crippen LogP contribution in [-0.4, -0.2) is 10.1 Å². The molecule has 0 unspecified atom stereocenters. The minimum Gasteiger partial charge on any atom is -0.292 e. The van der Waals surface area contributed by atoms with Gasteiger partial charge >= 0.3 is 0 Å². The van der Waals surface area contributed by atoms with Crippen LogP contribution in [0.25, 0.3) is 0 Å². The Kier molecular flexibility index (Phi) is 2.45. The van der Waals surface area contributed by atoms with E-state index in [0.717, 1.165) is 6.54 Å². The van der Waals surface area contributed by atoms with Gasteiger partial charge in [-0.2, -0.15) is 4.03 Å². The Bertz CT molecular complexity index is 360. The zero-order chi connectivity index (χ0) is 10.3. The number of nitrogens with zero attached hydrogens (tertiary/aromatic N) is 2. The fraction of sp³-hybridized carbons (Fsp3) is 0.500. The molecule has 0 radical (unpaired) electrons. The molecule has 1 aliphatic heterocycles. The van der Waals surface area contributed by atoms with Crippen LogP contribution >= 0.6 is 16.1 Å². The van der Waals surface area contributed by atoms with Gasteiger partial charge < -0.3 is 0 Å². The van der Waals surface area contributed by atoms with Crippen molar-refractivity contribution in [2.24, 2.45) is 0 Å². The summed E-state index contributed by atoms with van der Waals surface area (Å²) in [5.41, 5.74) is 2.82. The lowest BCUT2D eigenvalue weighted by Gasteiger charge is -2.31. The molecule has 1 heterocycles. The molecule has 2 aliphatic rings. The second-order valence-electron chi connectivity index (χ2n) is 4.41. The highest BCUT2D eigenvalue weighted by Crippen LogP contribution is 2.38. The Labute approximate surface area is 99.2 Å². The van der Waals surface area contributed by atoms with Gasteiger partial charge in [0.05, 0.1) is 12.2 Å². The van der Waals surface area contributed by atoms with Crippen molar-refractivity contribution in [2.75, 3.05) is 5.01 Å². The fourth-order valence-electron chi connectivity index (χ4n) is 2.72. The second-order valence-corrected chi connectivity index (χ2v) is 5.22. The van der Waals surface area contributed by atoms with E-state index in [2.05, 4.69) is 49.5 Å². The van der Waals surface area contributed by atoms with Gasteiger partial charge in [0.15, 0.2) is 0 Å². The molecule has 0 saturated heterocycles. The van der Waals surface area contributed by atoms with E-state index in [9.17, 15) is 0 Å². The van der Waals surface area contributed by atoms with Crippen molar-refractivity contribution in [1.29, 1.82) is 0 Å². The molecule has 1 fully saturated rings. The predicted octanol–water partition coefficient (Wildman–Crippen LogP) is 3.48. The smallest absolute Gasteiger partial charge is 0.0580 e. The average Bonchev–Trinajstić information content (AvgIpc) is 2.82. The lowest BCUT2D eigenvalue weighted by atomic mass is 10.1. The van der Waals surface area contributed by atoms with Crippen LogP contribution in [-0.2, 0) is 6.54 Å². The molecule has 3 rings (SSSR count). The largest absolute Gasteiger partial charge is 0.292 e. The minimum absolute atomic E-state index is 0.702. The zero-order valence-corrected chi connectivity index (χ0v) is 10.3. The normalized spacial score (nSPS) is 22.3. The fourth-order valence-corrected chi connectivity index (χ4v) is 3.42. The number of rotatable bonds is 1. The maximum atomic E-state index is 3.65. The molecule has 0 atom stereocenters. The van der Waals surface area contributed by atoms with Gasteiger partial charge in [-0.15, -0.1) is 0 Å². The van der Waals surface area contributed by atoms with Crippen LogP contribution in [0.15, 0.2) is 24.3 Å². The summed E-state index contributed by atoms with van der Waals surface area (Å²) < 4.78 is 2.19. The summed E-state index contributed by atoms with van der Waals surface area (Å²) in [6.07, 6.45) is 5.42. The van der Waals surface area contributed by atoms with E-state index in [1.165, 1.54) is 36.9 Å². The number of halogens is 1. The number of hydrogen-bond donors (Lipinski definition) is 0. The average molecular weight is 267 g/mol. The zero-order valence-electron chi connectivity index (χ0n) is 8.69.